The summed E-state index contributed by atoms with van der Waals surface area (Å²) in [5.74, 6) is 1.29. The Hall–Kier alpha value is -3.24. The summed E-state index contributed by atoms with van der Waals surface area (Å²) in [5, 5.41) is 10.7. The van der Waals surface area contributed by atoms with Crippen molar-refractivity contribution in [1.82, 2.24) is 29.3 Å². The van der Waals surface area contributed by atoms with Gasteiger partial charge in [0.1, 0.15) is 5.82 Å². The third-order valence-corrected chi connectivity index (χ3v) is 7.11. The van der Waals surface area contributed by atoms with E-state index >= 15 is 0 Å². The second kappa shape index (κ2) is 8.84. The van der Waals surface area contributed by atoms with Gasteiger partial charge in [0, 0.05) is 29.3 Å². The Morgan fingerprint density at radius 1 is 1.12 bits per heavy atom. The summed E-state index contributed by atoms with van der Waals surface area (Å²) in [4.78, 5) is 7.75. The maximum Gasteiger partial charge on any atom is 0.320 e. The van der Waals surface area contributed by atoms with E-state index in [1.807, 2.05) is 35.0 Å². The quantitative estimate of drug-likeness (QED) is 0.305. The molecule has 1 atom stereocenters. The van der Waals surface area contributed by atoms with Crippen molar-refractivity contribution in [2.75, 3.05) is 6.61 Å². The highest BCUT2D eigenvalue weighted by Crippen LogP contribution is 2.33. The van der Waals surface area contributed by atoms with Crippen LogP contribution in [0, 0.1) is 0 Å². The molecule has 6 rings (SSSR count). The van der Waals surface area contributed by atoms with E-state index in [0.29, 0.717) is 28.6 Å². The van der Waals surface area contributed by atoms with Crippen LogP contribution in [0.15, 0.2) is 59.9 Å². The molecule has 34 heavy (non-hydrogen) atoms. The summed E-state index contributed by atoms with van der Waals surface area (Å²) in [6.07, 6.45) is 4.00. The number of rotatable bonds is 7. The lowest BCUT2D eigenvalue weighted by Gasteiger charge is -2.14. The summed E-state index contributed by atoms with van der Waals surface area (Å²) in [5.41, 5.74) is 2.95. The van der Waals surface area contributed by atoms with Gasteiger partial charge in [-0.1, -0.05) is 42.1 Å². The van der Waals surface area contributed by atoms with E-state index < -0.39 is 6.55 Å². The van der Waals surface area contributed by atoms with Crippen molar-refractivity contribution in [3.63, 3.8) is 0 Å². The van der Waals surface area contributed by atoms with Gasteiger partial charge in [0.2, 0.25) is 0 Å². The van der Waals surface area contributed by atoms with Crippen molar-refractivity contribution < 1.29 is 13.5 Å². The van der Waals surface area contributed by atoms with Gasteiger partial charge in [0.05, 0.1) is 29.4 Å². The largest absolute Gasteiger partial charge is 0.376 e. The molecule has 174 valence electrons. The van der Waals surface area contributed by atoms with Crippen molar-refractivity contribution in [1.29, 1.82) is 0 Å². The number of hydrogen-bond acceptors (Lipinski definition) is 5. The summed E-state index contributed by atoms with van der Waals surface area (Å²) in [7, 11) is 0. The maximum atomic E-state index is 13.9. The molecule has 1 N–H and O–H groups in total. The predicted octanol–water partition coefficient (Wildman–Crippen LogP) is 5.64. The number of hydrogen-bond donors (Lipinski definition) is 1. The first-order valence-corrected chi connectivity index (χ1v) is 12.2. The van der Waals surface area contributed by atoms with E-state index in [0.717, 1.165) is 46.3 Å². The molecular weight excluding hydrogens is 458 g/mol. The molecule has 0 spiro atoms. The summed E-state index contributed by atoms with van der Waals surface area (Å²) in [6.45, 7) is -1.32. The minimum absolute atomic E-state index is 0.0740. The van der Waals surface area contributed by atoms with E-state index in [2.05, 4.69) is 20.2 Å². The fourth-order valence-corrected chi connectivity index (χ4v) is 5.43. The molecule has 7 nitrogen and oxygen atoms in total. The molecule has 1 unspecified atom stereocenters. The second-order valence-electron chi connectivity index (χ2n) is 8.25. The minimum Gasteiger partial charge on any atom is -0.376 e. The lowest BCUT2D eigenvalue weighted by molar-refractivity contribution is 0.0722. The molecular formula is C24H22F2N6OS. The number of halogens is 2. The highest BCUT2D eigenvalue weighted by Gasteiger charge is 2.24. The molecule has 5 aromatic rings. The number of thioether (sulfide) groups is 1. The second-order valence-corrected chi connectivity index (χ2v) is 9.20. The van der Waals surface area contributed by atoms with Gasteiger partial charge < -0.3 is 9.72 Å². The van der Waals surface area contributed by atoms with Crippen LogP contribution in [-0.4, -0.2) is 42.0 Å². The highest BCUT2D eigenvalue weighted by atomic mass is 32.2. The molecule has 2 aromatic carbocycles. The Bertz CT molecular complexity index is 1450. The number of para-hydroxylation sites is 3. The molecule has 1 fully saturated rings. The number of ether oxygens (including phenoxy) is 1. The number of aromatic amines is 1. The van der Waals surface area contributed by atoms with Gasteiger partial charge >= 0.3 is 6.55 Å². The van der Waals surface area contributed by atoms with E-state index in [-0.39, 0.29) is 11.9 Å². The number of imidazole rings is 1. The third kappa shape index (κ3) is 3.76. The van der Waals surface area contributed by atoms with E-state index in [9.17, 15) is 8.78 Å². The first kappa shape index (κ1) is 21.3. The van der Waals surface area contributed by atoms with Crippen molar-refractivity contribution >= 4 is 33.7 Å². The van der Waals surface area contributed by atoms with Crippen molar-refractivity contribution in [3.05, 3.63) is 60.6 Å². The molecule has 4 heterocycles. The van der Waals surface area contributed by atoms with Crippen molar-refractivity contribution in [2.24, 2.45) is 0 Å². The Labute approximate surface area is 198 Å². The molecule has 0 saturated carbocycles. The van der Waals surface area contributed by atoms with Crippen molar-refractivity contribution in [2.45, 2.75) is 42.9 Å². The van der Waals surface area contributed by atoms with Crippen LogP contribution in [0.2, 0.25) is 0 Å². The Balaban J connectivity index is 1.36. The fraction of sp³-hybridized carbons (Fsp3) is 0.292. The van der Waals surface area contributed by atoms with E-state index in [1.165, 1.54) is 11.8 Å². The fourth-order valence-electron chi connectivity index (χ4n) is 4.55. The molecule has 1 aliphatic rings. The summed E-state index contributed by atoms with van der Waals surface area (Å²) in [6, 6.07) is 15.0. The van der Waals surface area contributed by atoms with Crippen molar-refractivity contribution in [3.8, 4) is 11.4 Å². The number of nitrogens with zero attached hydrogens (tertiary/aromatic N) is 5. The SMILES string of the molecule is FC(F)n1c(CSc2nnc(-c3c[nH]c4ccccc34)n2CC2CCCO2)nc2ccccc21. The normalized spacial score (nSPS) is 16.4. The van der Waals surface area contributed by atoms with Crippen LogP contribution in [-0.2, 0) is 17.0 Å². The lowest BCUT2D eigenvalue weighted by Crippen LogP contribution is -2.16. The van der Waals surface area contributed by atoms with E-state index in [1.54, 1.807) is 24.3 Å². The third-order valence-electron chi connectivity index (χ3n) is 6.15. The average molecular weight is 481 g/mol. The molecule has 0 amide bonds. The first-order valence-electron chi connectivity index (χ1n) is 11.2. The monoisotopic (exact) mass is 480 g/mol. The number of H-pyrrole nitrogens is 1. The van der Waals surface area contributed by atoms with Gasteiger partial charge in [0.15, 0.2) is 11.0 Å². The van der Waals surface area contributed by atoms with Gasteiger partial charge in [-0.05, 0) is 31.0 Å². The number of benzene rings is 2. The Morgan fingerprint density at radius 2 is 1.97 bits per heavy atom. The number of fused-ring (bicyclic) bond motifs is 2. The maximum absolute atomic E-state index is 13.9. The zero-order chi connectivity index (χ0) is 23.1. The standard InChI is InChI=1S/C24H22F2N6OS/c25-23(26)32-20-10-4-3-9-19(20)28-21(32)14-34-24-30-29-22(31(24)13-15-6-5-11-33-15)17-12-27-18-8-2-1-7-16(17)18/h1-4,7-10,12,15,23,27H,5-6,11,13-14H2. The Kier molecular flexibility index (Phi) is 5.54. The van der Waals surface area contributed by atoms with Gasteiger partial charge in [-0.25, -0.2) is 4.98 Å². The summed E-state index contributed by atoms with van der Waals surface area (Å²) >= 11 is 1.36. The smallest absolute Gasteiger partial charge is 0.320 e. The van der Waals surface area contributed by atoms with Gasteiger partial charge in [-0.2, -0.15) is 8.78 Å². The van der Waals surface area contributed by atoms with E-state index in [4.69, 9.17) is 4.74 Å². The van der Waals surface area contributed by atoms with Crippen LogP contribution >= 0.6 is 11.8 Å². The van der Waals surface area contributed by atoms with Gasteiger partial charge in [0.25, 0.3) is 0 Å². The molecule has 0 radical (unpaired) electrons. The molecule has 0 aliphatic carbocycles. The van der Waals surface area contributed by atoms with Gasteiger partial charge in [-0.3, -0.25) is 9.13 Å². The minimum atomic E-state index is -2.67. The van der Waals surface area contributed by atoms with Crippen LogP contribution in [0.5, 0.6) is 0 Å². The summed E-state index contributed by atoms with van der Waals surface area (Å²) < 4.78 is 36.7. The number of alkyl halides is 2. The first-order chi connectivity index (χ1) is 16.7. The highest BCUT2D eigenvalue weighted by molar-refractivity contribution is 7.98. The molecule has 1 saturated heterocycles. The topological polar surface area (TPSA) is 73.5 Å². The van der Waals surface area contributed by atoms with Crippen LogP contribution < -0.4 is 0 Å². The number of nitrogens with one attached hydrogen (secondary N) is 1. The number of aromatic nitrogens is 6. The zero-order valence-corrected chi connectivity index (χ0v) is 19.0. The average Bonchev–Trinajstić information content (AvgIpc) is 3.63. The van der Waals surface area contributed by atoms with Gasteiger partial charge in [-0.15, -0.1) is 10.2 Å². The zero-order valence-electron chi connectivity index (χ0n) is 18.2. The lowest BCUT2D eigenvalue weighted by atomic mass is 10.1. The Morgan fingerprint density at radius 3 is 2.82 bits per heavy atom. The predicted molar refractivity (Wildman–Crippen MR) is 127 cm³/mol. The van der Waals surface area contributed by atoms with Crippen LogP contribution in [0.25, 0.3) is 33.3 Å². The van der Waals surface area contributed by atoms with Crippen LogP contribution in [0.4, 0.5) is 8.78 Å². The van der Waals surface area contributed by atoms with Crippen LogP contribution in [0.1, 0.15) is 25.2 Å². The molecule has 3 aromatic heterocycles. The molecule has 0 bridgehead atoms. The molecule has 1 aliphatic heterocycles. The molecule has 10 heteroatoms. The van der Waals surface area contributed by atoms with Crippen LogP contribution in [0.3, 0.4) is 0 Å².